The van der Waals surface area contributed by atoms with Gasteiger partial charge in [-0.1, -0.05) is 12.1 Å². The third-order valence-corrected chi connectivity index (χ3v) is 3.63. The van der Waals surface area contributed by atoms with Crippen molar-refractivity contribution in [3.05, 3.63) is 65.0 Å². The lowest BCUT2D eigenvalue weighted by molar-refractivity contribution is -0.384. The van der Waals surface area contributed by atoms with Gasteiger partial charge in [0.25, 0.3) is 5.69 Å². The lowest BCUT2D eigenvalue weighted by Gasteiger charge is -2.16. The van der Waals surface area contributed by atoms with E-state index in [1.807, 2.05) is 0 Å². The molecule has 0 aliphatic heterocycles. The maximum Gasteiger partial charge on any atom is 0.573 e. The van der Waals surface area contributed by atoms with E-state index in [1.165, 1.54) is 47.3 Å². The van der Waals surface area contributed by atoms with Crippen molar-refractivity contribution in [2.45, 2.75) is 6.36 Å². The van der Waals surface area contributed by atoms with Crippen molar-refractivity contribution in [3.8, 4) is 28.0 Å². The summed E-state index contributed by atoms with van der Waals surface area (Å²) in [7, 11) is 1.69. The molecule has 0 atom stereocenters. The average Bonchev–Trinajstić information content (AvgIpc) is 2.99. The normalized spacial score (nSPS) is 11.4. The summed E-state index contributed by atoms with van der Waals surface area (Å²) in [5.41, 5.74) is 1.43. The van der Waals surface area contributed by atoms with Crippen LogP contribution in [0.15, 0.2) is 54.9 Å². The molecule has 3 rings (SSSR count). The highest BCUT2D eigenvalue weighted by molar-refractivity contribution is 5.87. The van der Waals surface area contributed by atoms with Crippen LogP contribution < -0.4 is 4.74 Å². The molecule has 134 valence electrons. The number of hydrogen-bond acceptors (Lipinski definition) is 4. The minimum atomic E-state index is -4.87. The Hall–Kier alpha value is -3.36. The molecule has 0 spiro atoms. The van der Waals surface area contributed by atoms with Gasteiger partial charge in [-0.25, -0.2) is 0 Å². The van der Waals surface area contributed by atoms with Gasteiger partial charge in [-0.2, -0.15) is 5.10 Å². The Balaban J connectivity index is 2.20. The molecule has 1 heterocycles. The number of rotatable bonds is 4. The van der Waals surface area contributed by atoms with Gasteiger partial charge in [0, 0.05) is 36.5 Å². The van der Waals surface area contributed by atoms with Crippen LogP contribution in [0.5, 0.6) is 5.75 Å². The topological polar surface area (TPSA) is 70.2 Å². The largest absolute Gasteiger partial charge is 0.573 e. The molecule has 0 radical (unpaired) electrons. The molecule has 0 fully saturated rings. The smallest absolute Gasteiger partial charge is 0.405 e. The third kappa shape index (κ3) is 3.66. The Bertz CT molecular complexity index is 950. The fourth-order valence-corrected chi connectivity index (χ4v) is 2.59. The van der Waals surface area contributed by atoms with Crippen molar-refractivity contribution in [2.24, 2.45) is 7.05 Å². The van der Waals surface area contributed by atoms with Gasteiger partial charge in [-0.05, 0) is 29.3 Å². The van der Waals surface area contributed by atoms with Crippen LogP contribution >= 0.6 is 0 Å². The number of nitrogens with zero attached hydrogens (tertiary/aromatic N) is 3. The van der Waals surface area contributed by atoms with Gasteiger partial charge in [0.05, 0.1) is 11.1 Å². The molecule has 3 aromatic rings. The number of halogens is 3. The van der Waals surface area contributed by atoms with Gasteiger partial charge in [-0.3, -0.25) is 14.8 Å². The highest BCUT2D eigenvalue weighted by Gasteiger charge is 2.33. The van der Waals surface area contributed by atoms with Crippen LogP contribution in [-0.4, -0.2) is 21.1 Å². The van der Waals surface area contributed by atoms with Crippen molar-refractivity contribution in [1.82, 2.24) is 9.78 Å². The molecular formula is C17H12F3N3O3. The van der Waals surface area contributed by atoms with Gasteiger partial charge in [0.2, 0.25) is 0 Å². The fourth-order valence-electron chi connectivity index (χ4n) is 2.59. The second kappa shape index (κ2) is 6.51. The molecule has 26 heavy (non-hydrogen) atoms. The molecule has 0 N–H and O–H groups in total. The summed E-state index contributed by atoms with van der Waals surface area (Å²) < 4.78 is 44.1. The number of aryl methyl sites for hydroxylation is 1. The lowest BCUT2D eigenvalue weighted by Crippen LogP contribution is -2.17. The second-order valence-corrected chi connectivity index (χ2v) is 5.43. The summed E-state index contributed by atoms with van der Waals surface area (Å²) in [6.45, 7) is 0. The second-order valence-electron chi connectivity index (χ2n) is 5.43. The Kier molecular flexibility index (Phi) is 4.37. The summed E-state index contributed by atoms with van der Waals surface area (Å²) in [6.07, 6.45) is -1.70. The van der Waals surface area contributed by atoms with Crippen molar-refractivity contribution in [3.63, 3.8) is 0 Å². The Morgan fingerprint density at radius 2 is 1.81 bits per heavy atom. The van der Waals surface area contributed by atoms with Crippen molar-refractivity contribution in [2.75, 3.05) is 0 Å². The van der Waals surface area contributed by atoms with Crippen molar-refractivity contribution < 1.29 is 22.8 Å². The monoisotopic (exact) mass is 363 g/mol. The van der Waals surface area contributed by atoms with Crippen LogP contribution in [0.4, 0.5) is 18.9 Å². The predicted molar refractivity (Wildman–Crippen MR) is 87.4 cm³/mol. The van der Waals surface area contributed by atoms with E-state index in [2.05, 4.69) is 9.84 Å². The van der Waals surface area contributed by atoms with Crippen LogP contribution in [0.3, 0.4) is 0 Å². The standard InChI is InChI=1S/C17H12F3N3O3/c1-22-10-12(9-21-22)14-3-2-4-15(26-17(18,19)20)16(14)11-5-7-13(8-6-11)23(24)25/h2-10H,1H3. The van der Waals surface area contributed by atoms with E-state index in [1.54, 1.807) is 19.3 Å². The number of aromatic nitrogens is 2. The van der Waals surface area contributed by atoms with Crippen LogP contribution in [0.25, 0.3) is 22.3 Å². The molecule has 0 aliphatic rings. The molecular weight excluding hydrogens is 351 g/mol. The van der Waals surface area contributed by atoms with Gasteiger partial charge in [0.1, 0.15) is 5.75 Å². The number of alkyl halides is 3. The van der Waals surface area contributed by atoms with E-state index in [9.17, 15) is 23.3 Å². The van der Waals surface area contributed by atoms with E-state index >= 15 is 0 Å². The Morgan fingerprint density at radius 1 is 1.12 bits per heavy atom. The Labute approximate surface area is 145 Å². The molecule has 0 saturated carbocycles. The third-order valence-electron chi connectivity index (χ3n) is 3.63. The summed E-state index contributed by atoms with van der Waals surface area (Å²) in [5.74, 6) is -0.396. The zero-order valence-corrected chi connectivity index (χ0v) is 13.4. The lowest BCUT2D eigenvalue weighted by atomic mass is 9.95. The number of non-ortho nitro benzene ring substituents is 1. The first kappa shape index (κ1) is 17.5. The van der Waals surface area contributed by atoms with E-state index in [0.29, 0.717) is 16.7 Å². The molecule has 0 bridgehead atoms. The van der Waals surface area contributed by atoms with Gasteiger partial charge < -0.3 is 4.74 Å². The quantitative estimate of drug-likeness (QED) is 0.503. The minimum Gasteiger partial charge on any atom is -0.405 e. The van der Waals surface area contributed by atoms with Crippen molar-refractivity contribution >= 4 is 5.69 Å². The molecule has 0 saturated heterocycles. The summed E-state index contributed by atoms with van der Waals surface area (Å²) >= 11 is 0. The molecule has 0 aliphatic carbocycles. The minimum absolute atomic E-state index is 0.161. The fraction of sp³-hybridized carbons (Fsp3) is 0.118. The van der Waals surface area contributed by atoms with Crippen LogP contribution in [0, 0.1) is 10.1 Å². The highest BCUT2D eigenvalue weighted by atomic mass is 19.4. The first-order chi connectivity index (χ1) is 12.2. The summed E-state index contributed by atoms with van der Waals surface area (Å²) in [5, 5.41) is 14.8. The molecule has 9 heteroatoms. The molecule has 0 amide bonds. The van der Waals surface area contributed by atoms with E-state index in [4.69, 9.17) is 0 Å². The SMILES string of the molecule is Cn1cc(-c2cccc(OC(F)(F)F)c2-c2ccc([N+](=O)[O-])cc2)cn1. The van der Waals surface area contributed by atoms with E-state index < -0.39 is 17.0 Å². The highest BCUT2D eigenvalue weighted by Crippen LogP contribution is 2.41. The number of ether oxygens (including phenoxy) is 1. The molecule has 0 unspecified atom stereocenters. The van der Waals surface area contributed by atoms with Crippen LogP contribution in [-0.2, 0) is 7.05 Å². The predicted octanol–water partition coefficient (Wildman–Crippen LogP) is 4.56. The Morgan fingerprint density at radius 3 is 2.35 bits per heavy atom. The number of hydrogen-bond donors (Lipinski definition) is 0. The first-order valence-electron chi connectivity index (χ1n) is 7.37. The first-order valence-corrected chi connectivity index (χ1v) is 7.37. The van der Waals surface area contributed by atoms with Gasteiger partial charge in [0.15, 0.2) is 0 Å². The van der Waals surface area contributed by atoms with Crippen LogP contribution in [0.2, 0.25) is 0 Å². The summed E-state index contributed by atoms with van der Waals surface area (Å²) in [6, 6.07) is 9.51. The maximum absolute atomic E-state index is 12.8. The molecule has 6 nitrogen and oxygen atoms in total. The zero-order valence-electron chi connectivity index (χ0n) is 13.4. The van der Waals surface area contributed by atoms with Gasteiger partial charge >= 0.3 is 6.36 Å². The zero-order chi connectivity index (χ0) is 18.9. The van der Waals surface area contributed by atoms with E-state index in [-0.39, 0.29) is 11.3 Å². The molecule has 2 aromatic carbocycles. The van der Waals surface area contributed by atoms with E-state index in [0.717, 1.165) is 0 Å². The van der Waals surface area contributed by atoms with Gasteiger partial charge in [-0.15, -0.1) is 13.2 Å². The molecule has 1 aromatic heterocycles. The number of nitro benzene ring substituents is 1. The van der Waals surface area contributed by atoms with Crippen molar-refractivity contribution in [1.29, 1.82) is 0 Å². The maximum atomic E-state index is 12.8. The van der Waals surface area contributed by atoms with Crippen LogP contribution in [0.1, 0.15) is 0 Å². The summed E-state index contributed by atoms with van der Waals surface area (Å²) in [4.78, 5) is 10.2. The average molecular weight is 363 g/mol. The number of benzene rings is 2. The number of nitro groups is 1.